The lowest BCUT2D eigenvalue weighted by atomic mass is 9.89. The number of hydrogen-bond acceptors (Lipinski definition) is 2. The molecule has 4 heteroatoms. The SMILES string of the molecule is CCn1cc(CC2(F)CCNCC2)cn1. The molecule has 15 heavy (non-hydrogen) atoms. The van der Waals surface area contributed by atoms with Gasteiger partial charge in [-0.1, -0.05) is 0 Å². The van der Waals surface area contributed by atoms with Crippen molar-refractivity contribution in [2.75, 3.05) is 13.1 Å². The number of aryl methyl sites for hydroxylation is 1. The summed E-state index contributed by atoms with van der Waals surface area (Å²) in [6.07, 6.45) is 5.47. The average Bonchev–Trinajstić information content (AvgIpc) is 2.66. The number of nitrogens with zero attached hydrogens (tertiary/aromatic N) is 2. The Kier molecular flexibility index (Phi) is 3.05. The van der Waals surface area contributed by atoms with E-state index in [0.29, 0.717) is 19.3 Å². The Morgan fingerprint density at radius 3 is 2.87 bits per heavy atom. The molecule has 0 amide bonds. The van der Waals surface area contributed by atoms with E-state index in [-0.39, 0.29) is 0 Å². The predicted molar refractivity (Wildman–Crippen MR) is 57.5 cm³/mol. The number of aromatic nitrogens is 2. The lowest BCUT2D eigenvalue weighted by Gasteiger charge is -2.29. The summed E-state index contributed by atoms with van der Waals surface area (Å²) in [5.41, 5.74) is -0.00593. The molecule has 1 aromatic rings. The second-order valence-corrected chi connectivity index (χ2v) is 4.28. The fourth-order valence-electron chi connectivity index (χ4n) is 2.09. The third kappa shape index (κ3) is 2.56. The van der Waals surface area contributed by atoms with E-state index >= 15 is 0 Å². The van der Waals surface area contributed by atoms with E-state index in [4.69, 9.17) is 0 Å². The molecule has 0 aromatic carbocycles. The molecule has 1 aromatic heterocycles. The third-order valence-corrected chi connectivity index (χ3v) is 3.03. The summed E-state index contributed by atoms with van der Waals surface area (Å²) in [6, 6.07) is 0. The van der Waals surface area contributed by atoms with Crippen LogP contribution in [-0.2, 0) is 13.0 Å². The van der Waals surface area contributed by atoms with Crippen molar-refractivity contribution in [2.45, 2.75) is 38.4 Å². The van der Waals surface area contributed by atoms with Gasteiger partial charge in [-0.3, -0.25) is 4.68 Å². The van der Waals surface area contributed by atoms with Gasteiger partial charge in [-0.15, -0.1) is 0 Å². The van der Waals surface area contributed by atoms with E-state index in [1.54, 1.807) is 6.20 Å². The molecule has 1 fully saturated rings. The predicted octanol–water partition coefficient (Wildman–Crippen LogP) is 1.54. The molecule has 0 saturated carbocycles. The molecule has 84 valence electrons. The highest BCUT2D eigenvalue weighted by Crippen LogP contribution is 2.27. The number of halogens is 1. The van der Waals surface area contributed by atoms with E-state index < -0.39 is 5.67 Å². The van der Waals surface area contributed by atoms with Gasteiger partial charge in [0.2, 0.25) is 0 Å². The average molecular weight is 211 g/mol. The van der Waals surface area contributed by atoms with E-state index in [0.717, 1.165) is 25.2 Å². The molecule has 2 rings (SSSR count). The van der Waals surface area contributed by atoms with Crippen LogP contribution < -0.4 is 5.32 Å². The van der Waals surface area contributed by atoms with Crippen LogP contribution in [0.25, 0.3) is 0 Å². The minimum Gasteiger partial charge on any atom is -0.316 e. The summed E-state index contributed by atoms with van der Waals surface area (Å²) in [5, 5.41) is 7.35. The molecule has 0 spiro atoms. The molecule has 1 saturated heterocycles. The van der Waals surface area contributed by atoms with Gasteiger partial charge in [-0.2, -0.15) is 5.10 Å². The van der Waals surface area contributed by atoms with Gasteiger partial charge in [0.25, 0.3) is 0 Å². The molecule has 0 atom stereocenters. The highest BCUT2D eigenvalue weighted by atomic mass is 19.1. The summed E-state index contributed by atoms with van der Waals surface area (Å²) in [6.45, 7) is 4.46. The van der Waals surface area contributed by atoms with Crippen molar-refractivity contribution >= 4 is 0 Å². The molecule has 0 bridgehead atoms. The summed E-state index contributed by atoms with van der Waals surface area (Å²) < 4.78 is 16.1. The van der Waals surface area contributed by atoms with Gasteiger partial charge in [0, 0.05) is 19.2 Å². The van der Waals surface area contributed by atoms with Crippen LogP contribution in [0.4, 0.5) is 4.39 Å². The zero-order valence-corrected chi connectivity index (χ0v) is 9.17. The minimum absolute atomic E-state index is 0.509. The van der Waals surface area contributed by atoms with Gasteiger partial charge in [-0.05, 0) is 38.4 Å². The summed E-state index contributed by atoms with van der Waals surface area (Å²) in [4.78, 5) is 0. The topological polar surface area (TPSA) is 29.9 Å². The van der Waals surface area contributed by atoms with Crippen molar-refractivity contribution in [3.05, 3.63) is 18.0 Å². The Labute approximate surface area is 89.7 Å². The van der Waals surface area contributed by atoms with E-state index in [1.807, 2.05) is 17.8 Å². The first kappa shape index (κ1) is 10.6. The van der Waals surface area contributed by atoms with Crippen molar-refractivity contribution in [1.29, 1.82) is 0 Å². The van der Waals surface area contributed by atoms with Crippen molar-refractivity contribution in [3.63, 3.8) is 0 Å². The van der Waals surface area contributed by atoms with Crippen molar-refractivity contribution < 1.29 is 4.39 Å². The van der Waals surface area contributed by atoms with Gasteiger partial charge in [-0.25, -0.2) is 4.39 Å². The molecule has 2 heterocycles. The quantitative estimate of drug-likeness (QED) is 0.822. The maximum atomic E-state index is 14.3. The van der Waals surface area contributed by atoms with Crippen molar-refractivity contribution in [2.24, 2.45) is 0 Å². The fourth-order valence-corrected chi connectivity index (χ4v) is 2.09. The van der Waals surface area contributed by atoms with Gasteiger partial charge in [0.1, 0.15) is 5.67 Å². The number of nitrogens with one attached hydrogen (secondary N) is 1. The molecule has 1 aliphatic heterocycles. The van der Waals surface area contributed by atoms with Crippen LogP contribution in [0.3, 0.4) is 0 Å². The zero-order valence-electron chi connectivity index (χ0n) is 9.17. The summed E-state index contributed by atoms with van der Waals surface area (Å²) in [5.74, 6) is 0. The number of hydrogen-bond donors (Lipinski definition) is 1. The zero-order chi connectivity index (χ0) is 10.7. The molecule has 0 unspecified atom stereocenters. The van der Waals surface area contributed by atoms with Crippen LogP contribution >= 0.6 is 0 Å². The molecular weight excluding hydrogens is 193 g/mol. The van der Waals surface area contributed by atoms with Gasteiger partial charge < -0.3 is 5.32 Å². The standard InChI is InChI=1S/C11H18FN3/c1-2-15-9-10(8-14-15)7-11(12)3-5-13-6-4-11/h8-9,13H,2-7H2,1H3. The van der Waals surface area contributed by atoms with Crippen LogP contribution in [0.2, 0.25) is 0 Å². The first-order valence-corrected chi connectivity index (χ1v) is 5.63. The third-order valence-electron chi connectivity index (χ3n) is 3.03. The first-order chi connectivity index (χ1) is 7.22. The molecule has 1 aliphatic rings. The largest absolute Gasteiger partial charge is 0.316 e. The maximum absolute atomic E-state index is 14.3. The monoisotopic (exact) mass is 211 g/mol. The summed E-state index contributed by atoms with van der Waals surface area (Å²) in [7, 11) is 0. The normalized spacial score (nSPS) is 20.4. The molecule has 3 nitrogen and oxygen atoms in total. The molecule has 0 aliphatic carbocycles. The molecule has 1 N–H and O–H groups in total. The fraction of sp³-hybridized carbons (Fsp3) is 0.727. The number of piperidine rings is 1. The van der Waals surface area contributed by atoms with Crippen LogP contribution in [0, 0.1) is 0 Å². The number of alkyl halides is 1. The molecule has 0 radical (unpaired) electrons. The Balaban J connectivity index is 2.00. The van der Waals surface area contributed by atoms with Crippen LogP contribution in [-0.4, -0.2) is 28.5 Å². The lowest BCUT2D eigenvalue weighted by Crippen LogP contribution is -2.40. The van der Waals surface area contributed by atoms with Crippen LogP contribution in [0.15, 0.2) is 12.4 Å². The highest BCUT2D eigenvalue weighted by Gasteiger charge is 2.32. The lowest BCUT2D eigenvalue weighted by molar-refractivity contribution is 0.116. The van der Waals surface area contributed by atoms with Gasteiger partial charge in [0.15, 0.2) is 0 Å². The highest BCUT2D eigenvalue weighted by molar-refractivity contribution is 5.09. The Hall–Kier alpha value is -0.900. The summed E-state index contributed by atoms with van der Waals surface area (Å²) >= 11 is 0. The Morgan fingerprint density at radius 1 is 1.53 bits per heavy atom. The van der Waals surface area contributed by atoms with Crippen molar-refractivity contribution in [3.8, 4) is 0 Å². The van der Waals surface area contributed by atoms with Crippen LogP contribution in [0.5, 0.6) is 0 Å². The number of rotatable bonds is 3. The van der Waals surface area contributed by atoms with Gasteiger partial charge in [0.05, 0.1) is 6.20 Å². The van der Waals surface area contributed by atoms with E-state index in [1.165, 1.54) is 0 Å². The maximum Gasteiger partial charge on any atom is 0.117 e. The second-order valence-electron chi connectivity index (χ2n) is 4.28. The smallest absolute Gasteiger partial charge is 0.117 e. The van der Waals surface area contributed by atoms with E-state index in [2.05, 4.69) is 10.4 Å². The molecular formula is C11H18FN3. The minimum atomic E-state index is -1.02. The van der Waals surface area contributed by atoms with E-state index in [9.17, 15) is 4.39 Å². The van der Waals surface area contributed by atoms with Gasteiger partial charge >= 0.3 is 0 Å². The van der Waals surface area contributed by atoms with Crippen LogP contribution in [0.1, 0.15) is 25.3 Å². The van der Waals surface area contributed by atoms with Crippen molar-refractivity contribution in [1.82, 2.24) is 15.1 Å². The Morgan fingerprint density at radius 2 is 2.27 bits per heavy atom. The first-order valence-electron chi connectivity index (χ1n) is 5.63. The Bertz CT molecular complexity index is 315. The second kappa shape index (κ2) is 4.31.